The van der Waals surface area contributed by atoms with E-state index in [0.717, 1.165) is 57.8 Å². The lowest BCUT2D eigenvalue weighted by atomic mass is 10.0. The van der Waals surface area contributed by atoms with E-state index in [0.29, 0.717) is 11.4 Å². The molecular weight excluding hydrogens is 380 g/mol. The monoisotopic (exact) mass is 400 g/mol. The summed E-state index contributed by atoms with van der Waals surface area (Å²) in [5.41, 5.74) is 10.5. The lowest BCUT2D eigenvalue weighted by Gasteiger charge is -2.15. The molecule has 5 nitrogen and oxygen atoms in total. The standard InChI is InChI=1S/C23H20N4OS/c24-21-18(22-26-19-8-1-2-9-20(19)29-22)13-17(14-25-21)15-6-5-7-16(12-15)23(28)27-10-3-4-11-27/h1-2,5-9,12-14H,3-4,10-11H2,(H2,24,25). The fourth-order valence-corrected chi connectivity index (χ4v) is 4.72. The third-order valence-corrected chi connectivity index (χ3v) is 6.35. The number of fused-ring (bicyclic) bond motifs is 1. The van der Waals surface area contributed by atoms with Crippen LogP contribution in [-0.2, 0) is 0 Å². The molecule has 0 saturated carbocycles. The number of benzene rings is 2. The fourth-order valence-electron chi connectivity index (χ4n) is 3.73. The van der Waals surface area contributed by atoms with Gasteiger partial charge in [-0.15, -0.1) is 11.3 Å². The number of anilines is 1. The van der Waals surface area contributed by atoms with Crippen LogP contribution < -0.4 is 5.73 Å². The molecule has 6 heteroatoms. The van der Waals surface area contributed by atoms with Crippen LogP contribution in [0.2, 0.25) is 0 Å². The first kappa shape index (κ1) is 17.8. The molecule has 1 amide bonds. The van der Waals surface area contributed by atoms with Gasteiger partial charge in [0.05, 0.1) is 15.8 Å². The average molecular weight is 401 g/mol. The molecule has 1 saturated heterocycles. The zero-order chi connectivity index (χ0) is 19.8. The molecule has 0 aliphatic carbocycles. The van der Waals surface area contributed by atoms with E-state index in [2.05, 4.69) is 11.1 Å². The average Bonchev–Trinajstić information content (AvgIpc) is 3.43. The fraction of sp³-hybridized carbons (Fsp3) is 0.174. The molecule has 144 valence electrons. The summed E-state index contributed by atoms with van der Waals surface area (Å²) in [6.07, 6.45) is 3.92. The highest BCUT2D eigenvalue weighted by Crippen LogP contribution is 2.35. The first-order chi connectivity index (χ1) is 14.2. The number of nitrogens with zero attached hydrogens (tertiary/aromatic N) is 3. The second-order valence-electron chi connectivity index (χ2n) is 7.22. The van der Waals surface area contributed by atoms with Crippen LogP contribution >= 0.6 is 11.3 Å². The molecule has 0 bridgehead atoms. The van der Waals surface area contributed by atoms with Crippen LogP contribution in [0, 0.1) is 0 Å². The Bertz CT molecular complexity index is 1180. The number of aromatic nitrogens is 2. The van der Waals surface area contributed by atoms with E-state index in [-0.39, 0.29) is 5.91 Å². The van der Waals surface area contributed by atoms with Gasteiger partial charge in [-0.25, -0.2) is 9.97 Å². The topological polar surface area (TPSA) is 72.1 Å². The number of hydrogen-bond acceptors (Lipinski definition) is 5. The van der Waals surface area contributed by atoms with Crippen molar-refractivity contribution in [2.24, 2.45) is 0 Å². The minimum Gasteiger partial charge on any atom is -0.383 e. The molecule has 4 aromatic rings. The zero-order valence-electron chi connectivity index (χ0n) is 15.8. The second-order valence-corrected chi connectivity index (χ2v) is 8.25. The molecule has 0 spiro atoms. The summed E-state index contributed by atoms with van der Waals surface area (Å²) < 4.78 is 1.12. The van der Waals surface area contributed by atoms with Gasteiger partial charge in [0, 0.05) is 30.4 Å². The van der Waals surface area contributed by atoms with Crippen molar-refractivity contribution >= 4 is 33.3 Å². The molecule has 2 aromatic heterocycles. The van der Waals surface area contributed by atoms with Gasteiger partial charge in [-0.2, -0.15) is 0 Å². The van der Waals surface area contributed by atoms with Crippen LogP contribution in [0.3, 0.4) is 0 Å². The third-order valence-electron chi connectivity index (χ3n) is 5.28. The molecule has 0 atom stereocenters. The first-order valence-corrected chi connectivity index (χ1v) is 10.5. The molecule has 1 fully saturated rings. The van der Waals surface area contributed by atoms with Crippen molar-refractivity contribution in [2.45, 2.75) is 12.8 Å². The van der Waals surface area contributed by atoms with Crippen LogP contribution in [0.4, 0.5) is 5.82 Å². The number of rotatable bonds is 3. The van der Waals surface area contributed by atoms with E-state index >= 15 is 0 Å². The van der Waals surface area contributed by atoms with E-state index in [1.54, 1.807) is 17.5 Å². The molecule has 1 aliphatic heterocycles. The van der Waals surface area contributed by atoms with Crippen molar-refractivity contribution in [2.75, 3.05) is 18.8 Å². The van der Waals surface area contributed by atoms with E-state index in [9.17, 15) is 4.79 Å². The largest absolute Gasteiger partial charge is 0.383 e. The van der Waals surface area contributed by atoms with Crippen molar-refractivity contribution in [3.8, 4) is 21.7 Å². The van der Waals surface area contributed by atoms with Crippen LogP contribution in [0.1, 0.15) is 23.2 Å². The summed E-state index contributed by atoms with van der Waals surface area (Å²) in [6.45, 7) is 1.68. The molecule has 0 radical (unpaired) electrons. The van der Waals surface area contributed by atoms with E-state index in [1.807, 2.05) is 53.4 Å². The Kier molecular flexibility index (Phi) is 4.48. The van der Waals surface area contributed by atoms with Gasteiger partial charge in [-0.05, 0) is 48.7 Å². The number of nitrogen functional groups attached to an aromatic ring is 1. The summed E-state index contributed by atoms with van der Waals surface area (Å²) in [5, 5.41) is 0.849. The highest BCUT2D eigenvalue weighted by Gasteiger charge is 2.20. The summed E-state index contributed by atoms with van der Waals surface area (Å²) in [4.78, 5) is 23.8. The number of carbonyl (C=O) groups excluding carboxylic acids is 1. The molecule has 0 unspecified atom stereocenters. The Balaban J connectivity index is 1.53. The minimum atomic E-state index is 0.0964. The summed E-state index contributed by atoms with van der Waals surface area (Å²) >= 11 is 1.60. The predicted octanol–water partition coefficient (Wildman–Crippen LogP) is 4.84. The zero-order valence-corrected chi connectivity index (χ0v) is 16.7. The van der Waals surface area contributed by atoms with Gasteiger partial charge in [0.25, 0.3) is 5.91 Å². The van der Waals surface area contributed by atoms with Gasteiger partial charge >= 0.3 is 0 Å². The number of para-hydroxylation sites is 1. The van der Waals surface area contributed by atoms with Crippen molar-refractivity contribution < 1.29 is 4.79 Å². The van der Waals surface area contributed by atoms with Gasteiger partial charge in [0.1, 0.15) is 10.8 Å². The molecule has 3 heterocycles. The number of carbonyl (C=O) groups is 1. The Hall–Kier alpha value is -3.25. The maximum absolute atomic E-state index is 12.8. The highest BCUT2D eigenvalue weighted by atomic mass is 32.1. The predicted molar refractivity (Wildman–Crippen MR) is 118 cm³/mol. The Labute approximate surface area is 172 Å². The minimum absolute atomic E-state index is 0.0964. The second kappa shape index (κ2) is 7.29. The molecule has 2 N–H and O–H groups in total. The molecule has 1 aliphatic rings. The van der Waals surface area contributed by atoms with Crippen molar-refractivity contribution in [3.05, 3.63) is 66.4 Å². The Morgan fingerprint density at radius 2 is 1.83 bits per heavy atom. The van der Waals surface area contributed by atoms with Crippen LogP contribution in [0.5, 0.6) is 0 Å². The van der Waals surface area contributed by atoms with Crippen LogP contribution in [-0.4, -0.2) is 33.9 Å². The van der Waals surface area contributed by atoms with Crippen LogP contribution in [0.15, 0.2) is 60.8 Å². The number of amides is 1. The Morgan fingerprint density at radius 3 is 2.66 bits per heavy atom. The highest BCUT2D eigenvalue weighted by molar-refractivity contribution is 7.21. The molecule has 29 heavy (non-hydrogen) atoms. The van der Waals surface area contributed by atoms with Crippen molar-refractivity contribution in [3.63, 3.8) is 0 Å². The smallest absolute Gasteiger partial charge is 0.253 e. The van der Waals surface area contributed by atoms with Crippen molar-refractivity contribution in [1.82, 2.24) is 14.9 Å². The number of nitrogens with two attached hydrogens (primary N) is 1. The number of thiazole rings is 1. The van der Waals surface area contributed by atoms with Gasteiger partial charge in [-0.3, -0.25) is 4.79 Å². The summed E-state index contributed by atoms with van der Waals surface area (Å²) in [7, 11) is 0. The van der Waals surface area contributed by atoms with E-state index < -0.39 is 0 Å². The van der Waals surface area contributed by atoms with Crippen LogP contribution in [0.25, 0.3) is 31.9 Å². The molecule has 2 aromatic carbocycles. The first-order valence-electron chi connectivity index (χ1n) is 9.70. The number of likely N-dealkylation sites (tertiary alicyclic amines) is 1. The SMILES string of the molecule is Nc1ncc(-c2cccc(C(=O)N3CCCC3)c2)cc1-c1nc2ccccc2s1. The Morgan fingerprint density at radius 1 is 1.00 bits per heavy atom. The lowest BCUT2D eigenvalue weighted by Crippen LogP contribution is -2.27. The van der Waals surface area contributed by atoms with E-state index in [4.69, 9.17) is 10.7 Å². The van der Waals surface area contributed by atoms with Gasteiger partial charge in [-0.1, -0.05) is 24.3 Å². The molecular formula is C23H20N4OS. The summed E-state index contributed by atoms with van der Waals surface area (Å²) in [6, 6.07) is 17.8. The third kappa shape index (κ3) is 3.36. The summed E-state index contributed by atoms with van der Waals surface area (Å²) in [5.74, 6) is 0.552. The lowest BCUT2D eigenvalue weighted by molar-refractivity contribution is 0.0793. The van der Waals surface area contributed by atoms with Gasteiger partial charge in [0.15, 0.2) is 0 Å². The van der Waals surface area contributed by atoms with Gasteiger partial charge < -0.3 is 10.6 Å². The van der Waals surface area contributed by atoms with E-state index in [1.165, 1.54) is 0 Å². The maximum atomic E-state index is 12.8. The number of pyridine rings is 1. The quantitative estimate of drug-likeness (QED) is 0.534. The molecule has 5 rings (SSSR count). The normalized spacial score (nSPS) is 13.9. The number of hydrogen-bond donors (Lipinski definition) is 1. The van der Waals surface area contributed by atoms with Crippen molar-refractivity contribution in [1.29, 1.82) is 0 Å². The maximum Gasteiger partial charge on any atom is 0.253 e. The van der Waals surface area contributed by atoms with Gasteiger partial charge in [0.2, 0.25) is 0 Å².